The highest BCUT2D eigenvalue weighted by atomic mass is 19.1. The number of carbonyl (C=O) groups is 8. The third kappa shape index (κ3) is 24.4. The highest BCUT2D eigenvalue weighted by Crippen LogP contribution is 2.39. The van der Waals surface area contributed by atoms with Crippen LogP contribution >= 0.6 is 0 Å². The fraction of sp³-hybridized carbons (Fsp3) is 0.133. The fourth-order valence-corrected chi connectivity index (χ4v) is 10.2. The van der Waals surface area contributed by atoms with E-state index in [1.165, 1.54) is 142 Å². The van der Waals surface area contributed by atoms with Crippen molar-refractivity contribution < 1.29 is 70.8 Å². The summed E-state index contributed by atoms with van der Waals surface area (Å²) in [5.74, 6) is -2.13. The zero-order valence-corrected chi connectivity index (χ0v) is 61.4. The van der Waals surface area contributed by atoms with Gasteiger partial charge in [0.25, 0.3) is 23.6 Å². The first kappa shape index (κ1) is 81.2. The Morgan fingerprint density at radius 1 is 0.360 bits per heavy atom. The van der Waals surface area contributed by atoms with Gasteiger partial charge in [0, 0.05) is 119 Å². The van der Waals surface area contributed by atoms with Crippen molar-refractivity contribution in [3.63, 3.8) is 0 Å². The van der Waals surface area contributed by atoms with Crippen molar-refractivity contribution in [2.75, 3.05) is 27.9 Å². The molecule has 0 unspecified atom stereocenters. The number of nitrogens with zero attached hydrogens (tertiary/aromatic N) is 8. The second-order valence-corrected chi connectivity index (χ2v) is 25.0. The highest BCUT2D eigenvalue weighted by Gasteiger charge is 2.25. The Hall–Kier alpha value is -15.3. The van der Waals surface area contributed by atoms with Gasteiger partial charge in [-0.15, -0.1) is 0 Å². The number of aryl methyl sites for hydroxylation is 2. The summed E-state index contributed by atoms with van der Waals surface area (Å²) in [7, 11) is 0. The molecule has 1 aliphatic carbocycles. The summed E-state index contributed by atoms with van der Waals surface area (Å²) >= 11 is 0. The van der Waals surface area contributed by atoms with E-state index in [-0.39, 0.29) is 94.9 Å². The minimum Gasteiger partial charge on any atom is -0.487 e. The molecular weight excluding hydrogens is 1470 g/mol. The number of rotatable bonds is 27. The average molecular weight is 1540 g/mol. The van der Waals surface area contributed by atoms with Gasteiger partial charge in [0.2, 0.25) is 29.5 Å². The van der Waals surface area contributed by atoms with Gasteiger partial charge in [-0.3, -0.25) is 73.2 Å². The second kappa shape index (κ2) is 39.7. The van der Waals surface area contributed by atoms with Gasteiger partial charge in [0.05, 0.1) is 70.3 Å². The topological polar surface area (TPSA) is 438 Å². The Kier molecular flexibility index (Phi) is 28.3. The molecule has 0 saturated heterocycles. The van der Waals surface area contributed by atoms with Gasteiger partial charge in [-0.05, 0) is 183 Å². The minimum atomic E-state index is -0.640. The van der Waals surface area contributed by atoms with Gasteiger partial charge in [-0.2, -0.15) is 0 Å². The largest absolute Gasteiger partial charge is 0.487 e. The summed E-state index contributed by atoms with van der Waals surface area (Å²) < 4.78 is 55.8. The van der Waals surface area contributed by atoms with Crippen LogP contribution in [0.4, 0.5) is 31.5 Å². The van der Waals surface area contributed by atoms with Crippen LogP contribution in [0.5, 0.6) is 28.9 Å². The lowest BCUT2D eigenvalue weighted by atomic mass is 10.1. The molecule has 114 heavy (non-hydrogen) atoms. The number of nitrogens with one attached hydrogen (secondary N) is 4. The monoisotopic (exact) mass is 1540 g/mol. The van der Waals surface area contributed by atoms with E-state index in [0.29, 0.717) is 74.9 Å². The zero-order valence-electron chi connectivity index (χ0n) is 61.4. The second-order valence-electron chi connectivity index (χ2n) is 25.0. The molecule has 0 atom stereocenters. The molecule has 29 nitrogen and oxygen atoms in total. The number of carbonyl (C=O) groups excluding carboxylic acids is 8. The number of halogens is 2. The Bertz CT molecular complexity index is 5280. The summed E-state index contributed by atoms with van der Waals surface area (Å²) in [5.41, 5.74) is 31.0. The third-order valence-corrected chi connectivity index (χ3v) is 16.6. The van der Waals surface area contributed by atoms with Crippen LogP contribution < -0.4 is 67.9 Å². The standard InChI is InChI=1S/C23H22N4O3.C22H22N4O4.2C19H15FN4O3/c1-14-2-6-19(27-23(29)16-5-7-21(26-11-16)15-3-4-15)8-18(14)13-30-20-9-17(22(24)28)10-25-12-20;1-3-29-20-7-5-15(11-25-20)22(28)26-18-6-4-14(2)17(8-18)13-30-19-9-16(21(23)27)10-24-12-19;20-17-2-1-15(24-19(26)12-3-5-22-6-4-12)7-14(17)11-27-16-8-13(18(21)25)9-23-10-16;20-17-4-3-15(24-19(26)12-2-1-5-22-8-12)6-14(17)11-27-16-7-13(18(21)25)9-23-10-16/h2,5-12,15H,3-4,13H2,1H3,(H2,24,28)(H,27,29);4-12H,3,13H2,1-2H3,(H2,23,27)(H,26,28);2*1-10H,11H2,(H2,21,25)(H,24,26). The van der Waals surface area contributed by atoms with Crippen molar-refractivity contribution in [2.45, 2.75) is 66.0 Å². The van der Waals surface area contributed by atoms with Crippen molar-refractivity contribution in [3.05, 3.63) is 328 Å². The number of ether oxygens (including phenoxy) is 5. The molecule has 13 rings (SSSR count). The van der Waals surface area contributed by atoms with Crippen LogP contribution in [0.1, 0.15) is 148 Å². The number of hydrogen-bond donors (Lipinski definition) is 8. The number of pyridine rings is 8. The summed E-state index contributed by atoms with van der Waals surface area (Å²) in [5, 5.41) is 11.1. The van der Waals surface area contributed by atoms with Gasteiger partial charge in [-0.1, -0.05) is 12.1 Å². The van der Waals surface area contributed by atoms with E-state index in [0.717, 1.165) is 27.9 Å². The lowest BCUT2D eigenvalue weighted by Gasteiger charge is -2.12. The first-order valence-corrected chi connectivity index (χ1v) is 34.9. The molecule has 0 bridgehead atoms. The van der Waals surface area contributed by atoms with E-state index >= 15 is 0 Å². The van der Waals surface area contributed by atoms with Gasteiger partial charge in [0.15, 0.2) is 0 Å². The predicted octanol–water partition coefficient (Wildman–Crippen LogP) is 11.8. The van der Waals surface area contributed by atoms with E-state index in [9.17, 15) is 47.1 Å². The van der Waals surface area contributed by atoms with E-state index in [2.05, 4.69) is 61.1 Å². The molecule has 8 aromatic heterocycles. The van der Waals surface area contributed by atoms with Gasteiger partial charge in [0.1, 0.15) is 61.1 Å². The molecule has 0 aliphatic heterocycles. The molecule has 8 heterocycles. The molecule has 0 spiro atoms. The normalized spacial score (nSPS) is 11.0. The quantitative estimate of drug-likeness (QED) is 0.0237. The van der Waals surface area contributed by atoms with Crippen LogP contribution in [0.3, 0.4) is 0 Å². The first-order valence-electron chi connectivity index (χ1n) is 34.9. The van der Waals surface area contributed by atoms with Crippen molar-refractivity contribution in [3.8, 4) is 28.9 Å². The molecule has 8 amide bonds. The molecular formula is C83H74F2N16O13. The molecule has 578 valence electrons. The average Bonchev–Trinajstić information content (AvgIpc) is 1.75. The van der Waals surface area contributed by atoms with Crippen LogP contribution in [-0.2, 0) is 26.4 Å². The smallest absolute Gasteiger partial charge is 0.257 e. The molecule has 1 aliphatic rings. The van der Waals surface area contributed by atoms with Crippen LogP contribution in [0, 0.1) is 25.5 Å². The molecule has 4 aromatic carbocycles. The Morgan fingerprint density at radius 3 is 1.07 bits per heavy atom. The van der Waals surface area contributed by atoms with Crippen molar-refractivity contribution in [2.24, 2.45) is 22.9 Å². The fourth-order valence-electron chi connectivity index (χ4n) is 10.2. The summed E-state index contributed by atoms with van der Waals surface area (Å²) in [6.45, 7) is 6.55. The van der Waals surface area contributed by atoms with E-state index < -0.39 is 35.3 Å². The number of amides is 8. The molecule has 0 radical (unpaired) electrons. The predicted molar refractivity (Wildman–Crippen MR) is 415 cm³/mol. The van der Waals surface area contributed by atoms with E-state index in [4.69, 9.17) is 46.6 Å². The molecule has 12 aromatic rings. The Balaban J connectivity index is 0.000000161. The number of aromatic nitrogens is 8. The summed E-state index contributed by atoms with van der Waals surface area (Å²) in [6, 6.07) is 38.9. The summed E-state index contributed by atoms with van der Waals surface area (Å²) in [6.07, 6.45) is 22.6. The lowest BCUT2D eigenvalue weighted by Crippen LogP contribution is -2.13. The number of anilines is 4. The van der Waals surface area contributed by atoms with Crippen LogP contribution in [-0.4, -0.2) is 93.7 Å². The number of primary amides is 4. The lowest BCUT2D eigenvalue weighted by molar-refractivity contribution is 0.0991. The van der Waals surface area contributed by atoms with Gasteiger partial charge in [-0.25, -0.2) is 13.8 Å². The van der Waals surface area contributed by atoms with Crippen molar-refractivity contribution in [1.82, 2.24) is 39.9 Å². The highest BCUT2D eigenvalue weighted by molar-refractivity contribution is 6.06. The maximum atomic E-state index is 14.0. The summed E-state index contributed by atoms with van der Waals surface area (Å²) in [4.78, 5) is 126. The first-order chi connectivity index (χ1) is 55.0. The van der Waals surface area contributed by atoms with Gasteiger partial charge < -0.3 is 67.9 Å². The van der Waals surface area contributed by atoms with E-state index in [1.807, 2.05) is 69.3 Å². The maximum Gasteiger partial charge on any atom is 0.257 e. The molecule has 1 saturated carbocycles. The van der Waals surface area contributed by atoms with E-state index in [1.54, 1.807) is 54.9 Å². The number of benzene rings is 4. The molecule has 1 fully saturated rings. The Labute approximate surface area is 651 Å². The third-order valence-electron chi connectivity index (χ3n) is 16.6. The van der Waals surface area contributed by atoms with Crippen LogP contribution in [0.25, 0.3) is 0 Å². The zero-order chi connectivity index (χ0) is 81.0. The molecule has 12 N–H and O–H groups in total. The SMILES string of the molecule is CCOc1ccc(C(=O)Nc2ccc(C)c(COc3cncc(C(N)=O)c3)c2)cn1.Cc1ccc(NC(=O)c2ccc(C3CC3)nc2)cc1COc1cncc(C(N)=O)c1.NC(=O)c1cncc(OCc2cc(NC(=O)c3cccnc3)ccc2F)c1.NC(=O)c1cncc(OCc2cc(NC(=O)c3ccncc3)ccc2F)c1. The van der Waals surface area contributed by atoms with Crippen molar-refractivity contribution >= 4 is 70.0 Å². The maximum absolute atomic E-state index is 14.0. The van der Waals surface area contributed by atoms with Crippen LogP contribution in [0.2, 0.25) is 0 Å². The Morgan fingerprint density at radius 2 is 0.719 bits per heavy atom. The minimum absolute atomic E-state index is 0.116. The number of nitrogens with two attached hydrogens (primary N) is 4. The number of hydrogen-bond acceptors (Lipinski definition) is 21. The molecule has 31 heteroatoms. The van der Waals surface area contributed by atoms with Crippen molar-refractivity contribution in [1.29, 1.82) is 0 Å². The van der Waals surface area contributed by atoms with Crippen LogP contribution in [0.15, 0.2) is 232 Å². The van der Waals surface area contributed by atoms with Gasteiger partial charge >= 0.3 is 0 Å².